The lowest BCUT2D eigenvalue weighted by Gasteiger charge is -2.38. The van der Waals surface area contributed by atoms with Crippen LogP contribution in [0.15, 0.2) is 17.0 Å². The molecule has 0 aliphatic carbocycles. The number of benzene rings is 1. The lowest BCUT2D eigenvalue weighted by molar-refractivity contribution is 0.294. The average molecular weight is 284 g/mol. The minimum Gasteiger partial charge on any atom is -0.223 e. The van der Waals surface area contributed by atoms with Crippen LogP contribution in [0.1, 0.15) is 51.2 Å². The van der Waals surface area contributed by atoms with Crippen LogP contribution in [0.2, 0.25) is 0 Å². The summed E-state index contributed by atoms with van der Waals surface area (Å²) in [5.74, 6) is -0.301. The van der Waals surface area contributed by atoms with Crippen LogP contribution < -0.4 is 0 Å². The zero-order chi connectivity index (χ0) is 14.6. The van der Waals surface area contributed by atoms with Gasteiger partial charge in [-0.15, -0.1) is 0 Å². The number of halogens is 1. The van der Waals surface area contributed by atoms with Gasteiger partial charge in [0.15, 0.2) is 9.84 Å². The van der Waals surface area contributed by atoms with Crippen molar-refractivity contribution in [3.63, 3.8) is 0 Å². The monoisotopic (exact) mass is 284 g/mol. The van der Waals surface area contributed by atoms with Crippen LogP contribution >= 0.6 is 0 Å². The summed E-state index contributed by atoms with van der Waals surface area (Å²) < 4.78 is 38.5. The summed E-state index contributed by atoms with van der Waals surface area (Å²) >= 11 is 0. The van der Waals surface area contributed by atoms with Gasteiger partial charge in [0.25, 0.3) is 0 Å². The fourth-order valence-electron chi connectivity index (χ4n) is 2.83. The molecule has 1 aliphatic heterocycles. The Morgan fingerprint density at radius 2 is 1.84 bits per heavy atom. The van der Waals surface area contributed by atoms with E-state index in [9.17, 15) is 12.8 Å². The Labute approximate surface area is 115 Å². The lowest BCUT2D eigenvalue weighted by atomic mass is 9.73. The van der Waals surface area contributed by atoms with E-state index >= 15 is 0 Å². The van der Waals surface area contributed by atoms with Crippen molar-refractivity contribution < 1.29 is 12.8 Å². The lowest BCUT2D eigenvalue weighted by Crippen LogP contribution is -2.33. The van der Waals surface area contributed by atoms with Crippen molar-refractivity contribution in [3.05, 3.63) is 29.1 Å². The van der Waals surface area contributed by atoms with Gasteiger partial charge in [-0.1, -0.05) is 26.8 Å². The van der Waals surface area contributed by atoms with Crippen LogP contribution in [0.5, 0.6) is 0 Å². The Morgan fingerprint density at radius 3 is 2.37 bits per heavy atom. The SMILES string of the molecule is Cc1cc2c(cc1F)S(=O)(=O)C(C)CC2C(C)(C)C. The van der Waals surface area contributed by atoms with E-state index in [1.165, 1.54) is 6.07 Å². The summed E-state index contributed by atoms with van der Waals surface area (Å²) in [7, 11) is -3.39. The Balaban J connectivity index is 2.76. The molecule has 1 aromatic rings. The van der Waals surface area contributed by atoms with Gasteiger partial charge in [0, 0.05) is 0 Å². The Hall–Kier alpha value is -0.900. The number of aryl methyl sites for hydroxylation is 1. The van der Waals surface area contributed by atoms with Gasteiger partial charge in [0.2, 0.25) is 0 Å². The molecule has 1 aliphatic rings. The van der Waals surface area contributed by atoms with E-state index in [0.29, 0.717) is 12.0 Å². The maximum absolute atomic E-state index is 13.7. The van der Waals surface area contributed by atoms with Crippen molar-refractivity contribution >= 4 is 9.84 Å². The standard InChI is InChI=1S/C15H21FO2S/c1-9-6-11-12(15(3,4)5)7-10(2)19(17,18)14(11)8-13(9)16/h6,8,10,12H,7H2,1-5H3. The molecule has 0 radical (unpaired) electrons. The molecule has 19 heavy (non-hydrogen) atoms. The fourth-order valence-corrected chi connectivity index (χ4v) is 4.50. The molecule has 1 aromatic carbocycles. The second-order valence-corrected chi connectivity index (χ2v) is 8.98. The van der Waals surface area contributed by atoms with E-state index in [1.807, 2.05) is 0 Å². The van der Waals surface area contributed by atoms with E-state index in [1.54, 1.807) is 19.9 Å². The van der Waals surface area contributed by atoms with Crippen molar-refractivity contribution in [2.45, 2.75) is 57.1 Å². The van der Waals surface area contributed by atoms with Gasteiger partial charge in [0.05, 0.1) is 10.1 Å². The molecule has 0 fully saturated rings. The molecule has 0 saturated carbocycles. The van der Waals surface area contributed by atoms with Gasteiger partial charge in [-0.05, 0) is 48.8 Å². The largest absolute Gasteiger partial charge is 0.223 e. The Bertz CT molecular complexity index is 612. The minimum atomic E-state index is -3.39. The molecule has 2 rings (SSSR count). The zero-order valence-corrected chi connectivity index (χ0v) is 12.9. The first kappa shape index (κ1) is 14.5. The Morgan fingerprint density at radius 1 is 1.26 bits per heavy atom. The van der Waals surface area contributed by atoms with Crippen molar-refractivity contribution in [2.24, 2.45) is 5.41 Å². The van der Waals surface area contributed by atoms with Crippen molar-refractivity contribution in [1.29, 1.82) is 0 Å². The third-order valence-electron chi connectivity index (χ3n) is 4.12. The van der Waals surface area contributed by atoms with E-state index < -0.39 is 20.9 Å². The number of hydrogen-bond donors (Lipinski definition) is 0. The third kappa shape index (κ3) is 2.31. The summed E-state index contributed by atoms with van der Waals surface area (Å²) in [6.45, 7) is 9.70. The highest BCUT2D eigenvalue weighted by atomic mass is 32.2. The van der Waals surface area contributed by atoms with E-state index in [0.717, 1.165) is 5.56 Å². The second kappa shape index (κ2) is 4.30. The zero-order valence-electron chi connectivity index (χ0n) is 12.1. The van der Waals surface area contributed by atoms with Crippen LogP contribution in [-0.4, -0.2) is 13.7 Å². The molecule has 106 valence electrons. The molecule has 2 nitrogen and oxygen atoms in total. The van der Waals surface area contributed by atoms with Gasteiger partial charge in [0.1, 0.15) is 5.82 Å². The predicted molar refractivity (Wildman–Crippen MR) is 74.6 cm³/mol. The molecular formula is C15H21FO2S. The maximum atomic E-state index is 13.7. The highest BCUT2D eigenvalue weighted by Gasteiger charge is 2.41. The normalized spacial score (nSPS) is 26.0. The maximum Gasteiger partial charge on any atom is 0.181 e. The topological polar surface area (TPSA) is 34.1 Å². The van der Waals surface area contributed by atoms with E-state index in [2.05, 4.69) is 20.8 Å². The van der Waals surface area contributed by atoms with Crippen molar-refractivity contribution in [3.8, 4) is 0 Å². The number of rotatable bonds is 0. The summed E-state index contributed by atoms with van der Waals surface area (Å²) in [6.07, 6.45) is 0.601. The first-order valence-corrected chi connectivity index (χ1v) is 8.13. The first-order valence-electron chi connectivity index (χ1n) is 6.59. The van der Waals surface area contributed by atoms with E-state index in [-0.39, 0.29) is 16.2 Å². The highest BCUT2D eigenvalue weighted by Crippen LogP contribution is 2.47. The number of fused-ring (bicyclic) bond motifs is 1. The molecule has 1 heterocycles. The molecule has 0 spiro atoms. The number of hydrogen-bond acceptors (Lipinski definition) is 2. The van der Waals surface area contributed by atoms with Gasteiger partial charge in [-0.3, -0.25) is 0 Å². The fraction of sp³-hybridized carbons (Fsp3) is 0.600. The van der Waals surface area contributed by atoms with Crippen LogP contribution in [0.25, 0.3) is 0 Å². The highest BCUT2D eigenvalue weighted by molar-refractivity contribution is 7.92. The third-order valence-corrected chi connectivity index (χ3v) is 6.33. The Kier molecular flexibility index (Phi) is 3.28. The summed E-state index contributed by atoms with van der Waals surface area (Å²) in [4.78, 5) is 0.189. The first-order chi connectivity index (χ1) is 8.55. The summed E-state index contributed by atoms with van der Waals surface area (Å²) in [5, 5.41) is -0.452. The number of sulfone groups is 1. The smallest absolute Gasteiger partial charge is 0.181 e. The molecule has 2 atom stereocenters. The molecule has 0 N–H and O–H groups in total. The summed E-state index contributed by atoms with van der Waals surface area (Å²) in [5.41, 5.74) is 1.26. The molecule has 0 aromatic heterocycles. The predicted octanol–water partition coefficient (Wildman–Crippen LogP) is 3.83. The van der Waals surface area contributed by atoms with Crippen LogP contribution in [0, 0.1) is 18.2 Å². The van der Waals surface area contributed by atoms with Crippen molar-refractivity contribution in [2.75, 3.05) is 0 Å². The molecular weight excluding hydrogens is 263 g/mol. The van der Waals surface area contributed by atoms with E-state index in [4.69, 9.17) is 0 Å². The molecule has 0 bridgehead atoms. The van der Waals surface area contributed by atoms with Crippen LogP contribution in [0.3, 0.4) is 0 Å². The average Bonchev–Trinajstić information content (AvgIpc) is 2.25. The summed E-state index contributed by atoms with van der Waals surface area (Å²) in [6, 6.07) is 2.92. The molecule has 4 heteroatoms. The molecule has 0 amide bonds. The van der Waals surface area contributed by atoms with Gasteiger partial charge < -0.3 is 0 Å². The van der Waals surface area contributed by atoms with Gasteiger partial charge in [-0.25, -0.2) is 12.8 Å². The molecule has 0 saturated heterocycles. The van der Waals surface area contributed by atoms with Crippen LogP contribution in [-0.2, 0) is 9.84 Å². The van der Waals surface area contributed by atoms with Crippen LogP contribution in [0.4, 0.5) is 4.39 Å². The second-order valence-electron chi connectivity index (χ2n) is 6.65. The van der Waals surface area contributed by atoms with Gasteiger partial charge >= 0.3 is 0 Å². The minimum absolute atomic E-state index is 0.0385. The van der Waals surface area contributed by atoms with Crippen molar-refractivity contribution in [1.82, 2.24) is 0 Å². The quantitative estimate of drug-likeness (QED) is 0.725. The van der Waals surface area contributed by atoms with Gasteiger partial charge in [-0.2, -0.15) is 0 Å². The molecule has 2 unspecified atom stereocenters.